The van der Waals surface area contributed by atoms with E-state index in [1.807, 2.05) is 0 Å². The minimum absolute atomic E-state index is 0.122. The lowest BCUT2D eigenvalue weighted by atomic mass is 10.0. The van der Waals surface area contributed by atoms with Gasteiger partial charge in [-0.3, -0.25) is 14.4 Å². The van der Waals surface area contributed by atoms with Crippen LogP contribution < -0.4 is 5.32 Å². The molecule has 3 aromatic carbocycles. The number of hydrogen-bond acceptors (Lipinski definition) is 4. The smallest absolute Gasteiger partial charge is 0.247 e. The van der Waals surface area contributed by atoms with Crippen molar-refractivity contribution in [2.24, 2.45) is 0 Å². The number of halogens is 3. The van der Waals surface area contributed by atoms with Crippen LogP contribution in [0.5, 0.6) is 0 Å². The molecule has 1 saturated heterocycles. The number of carbonyl (C=O) groups is 3. The van der Waals surface area contributed by atoms with Crippen LogP contribution in [0, 0.1) is 17.1 Å². The number of anilines is 1. The van der Waals surface area contributed by atoms with Gasteiger partial charge in [-0.15, -0.1) is 0 Å². The van der Waals surface area contributed by atoms with Crippen molar-refractivity contribution in [1.82, 2.24) is 9.47 Å². The maximum Gasteiger partial charge on any atom is 0.247 e. The SMILES string of the molecule is CC(=O)c1cn(CC(=O)N2CC(F)CC2C(=O)Nc2cccc(-c3ccccc3Cl)c2F)c2cccc(C#N)c12. The van der Waals surface area contributed by atoms with E-state index in [9.17, 15) is 24.0 Å². The third-order valence-electron chi connectivity index (χ3n) is 7.01. The van der Waals surface area contributed by atoms with E-state index in [2.05, 4.69) is 11.4 Å². The molecule has 2 unspecified atom stereocenters. The number of hydrogen-bond donors (Lipinski definition) is 1. The number of aromatic nitrogens is 1. The molecule has 0 saturated carbocycles. The second kappa shape index (κ2) is 10.9. The van der Waals surface area contributed by atoms with E-state index < -0.39 is 29.8 Å². The highest BCUT2D eigenvalue weighted by Gasteiger charge is 2.40. The Morgan fingerprint density at radius 3 is 2.52 bits per heavy atom. The van der Waals surface area contributed by atoms with Gasteiger partial charge in [0.1, 0.15) is 18.8 Å². The van der Waals surface area contributed by atoms with Crippen molar-refractivity contribution in [2.75, 3.05) is 11.9 Å². The zero-order chi connectivity index (χ0) is 28.6. The van der Waals surface area contributed by atoms with Gasteiger partial charge in [-0.2, -0.15) is 5.26 Å². The summed E-state index contributed by atoms with van der Waals surface area (Å²) in [6.07, 6.45) is -0.203. The number of Topliss-reactive ketones (excluding diaryl/α,β-unsaturated/α-hetero) is 1. The molecule has 0 spiro atoms. The number of nitrogens with one attached hydrogen (secondary N) is 1. The number of likely N-dealkylation sites (tertiary alicyclic amines) is 1. The fraction of sp³-hybridized carbons (Fsp3) is 0.200. The molecule has 2 amide bonds. The van der Waals surface area contributed by atoms with E-state index in [-0.39, 0.29) is 47.7 Å². The number of nitriles is 1. The molecule has 0 aliphatic carbocycles. The van der Waals surface area contributed by atoms with Crippen molar-refractivity contribution < 1.29 is 23.2 Å². The normalized spacial score (nSPS) is 16.6. The second-order valence-corrected chi connectivity index (χ2v) is 9.98. The summed E-state index contributed by atoms with van der Waals surface area (Å²) in [5.74, 6) is -2.26. The Kier molecular flexibility index (Phi) is 7.37. The van der Waals surface area contributed by atoms with Crippen LogP contribution in [0.25, 0.3) is 22.0 Å². The van der Waals surface area contributed by atoms with Gasteiger partial charge in [0.25, 0.3) is 0 Å². The third kappa shape index (κ3) is 4.94. The van der Waals surface area contributed by atoms with Crippen molar-refractivity contribution >= 4 is 45.8 Å². The summed E-state index contributed by atoms with van der Waals surface area (Å²) in [5.41, 5.74) is 1.58. The van der Waals surface area contributed by atoms with E-state index in [1.165, 1.54) is 29.8 Å². The van der Waals surface area contributed by atoms with Crippen LogP contribution in [0.3, 0.4) is 0 Å². The summed E-state index contributed by atoms with van der Waals surface area (Å²) in [6, 6.07) is 17.0. The number of alkyl halides is 1. The molecule has 1 aliphatic heterocycles. The molecule has 202 valence electrons. The van der Waals surface area contributed by atoms with Gasteiger partial charge in [-0.25, -0.2) is 8.78 Å². The molecular weight excluding hydrogens is 538 g/mol. The minimum Gasteiger partial charge on any atom is -0.337 e. The topological polar surface area (TPSA) is 95.2 Å². The first-order valence-corrected chi connectivity index (χ1v) is 12.9. The predicted molar refractivity (Wildman–Crippen MR) is 147 cm³/mol. The number of ketones is 1. The molecule has 1 N–H and O–H groups in total. The molecule has 1 aliphatic rings. The standard InChI is InChI=1S/C30H23ClF2N4O3/c1-17(38)22-15-36(25-11-4-6-18(13-34)28(22)25)16-27(39)37-14-19(32)12-26(37)30(40)35-24-10-5-8-21(29(24)33)20-7-2-3-9-23(20)31/h2-11,15,19,26H,12,14,16H2,1H3,(H,35,40). The van der Waals surface area contributed by atoms with E-state index in [0.29, 0.717) is 21.5 Å². The molecule has 2 heterocycles. The first-order valence-electron chi connectivity index (χ1n) is 12.5. The molecule has 4 aromatic rings. The number of carbonyl (C=O) groups excluding carboxylic acids is 3. The molecule has 10 heteroatoms. The average Bonchev–Trinajstić information content (AvgIpc) is 3.51. The van der Waals surface area contributed by atoms with Crippen LogP contribution in [0.15, 0.2) is 66.9 Å². The van der Waals surface area contributed by atoms with Gasteiger partial charge in [0.05, 0.1) is 29.4 Å². The molecule has 2 atom stereocenters. The van der Waals surface area contributed by atoms with Crippen LogP contribution in [0.2, 0.25) is 5.02 Å². The highest BCUT2D eigenvalue weighted by molar-refractivity contribution is 6.33. The number of rotatable bonds is 6. The largest absolute Gasteiger partial charge is 0.337 e. The maximum absolute atomic E-state index is 15.4. The maximum atomic E-state index is 15.4. The lowest BCUT2D eigenvalue weighted by molar-refractivity contribution is -0.137. The summed E-state index contributed by atoms with van der Waals surface area (Å²) >= 11 is 6.22. The summed E-state index contributed by atoms with van der Waals surface area (Å²) in [5, 5.41) is 12.8. The van der Waals surface area contributed by atoms with Crippen LogP contribution in [-0.2, 0) is 16.1 Å². The van der Waals surface area contributed by atoms with Gasteiger partial charge in [0.15, 0.2) is 11.6 Å². The van der Waals surface area contributed by atoms with E-state index in [1.54, 1.807) is 48.5 Å². The van der Waals surface area contributed by atoms with Gasteiger partial charge in [-0.05, 0) is 31.2 Å². The Hall–Kier alpha value is -4.55. The van der Waals surface area contributed by atoms with E-state index in [0.717, 1.165) is 4.90 Å². The lowest BCUT2D eigenvalue weighted by Gasteiger charge is -2.24. The molecule has 0 radical (unpaired) electrons. The molecule has 0 bridgehead atoms. The number of nitrogens with zero attached hydrogens (tertiary/aromatic N) is 3. The lowest BCUT2D eigenvalue weighted by Crippen LogP contribution is -2.44. The molecule has 1 aromatic heterocycles. The third-order valence-corrected chi connectivity index (χ3v) is 7.33. The van der Waals surface area contributed by atoms with Gasteiger partial charge < -0.3 is 14.8 Å². The number of benzene rings is 3. The summed E-state index contributed by atoms with van der Waals surface area (Å²) in [4.78, 5) is 40.0. The van der Waals surface area contributed by atoms with Crippen molar-refractivity contribution in [1.29, 1.82) is 5.26 Å². The van der Waals surface area contributed by atoms with Crippen molar-refractivity contribution in [3.63, 3.8) is 0 Å². The van der Waals surface area contributed by atoms with Crippen LogP contribution in [0.4, 0.5) is 14.5 Å². The van der Waals surface area contributed by atoms with Crippen LogP contribution in [0.1, 0.15) is 29.3 Å². The Morgan fingerprint density at radius 2 is 1.80 bits per heavy atom. The Morgan fingerprint density at radius 1 is 1.07 bits per heavy atom. The van der Waals surface area contributed by atoms with Gasteiger partial charge in [-0.1, -0.05) is 48.0 Å². The van der Waals surface area contributed by atoms with Crippen molar-refractivity contribution in [2.45, 2.75) is 32.1 Å². The quantitative estimate of drug-likeness (QED) is 0.304. The van der Waals surface area contributed by atoms with E-state index in [4.69, 9.17) is 11.6 Å². The Bertz CT molecular complexity index is 1710. The molecular formula is C30H23ClF2N4O3. The predicted octanol–water partition coefficient (Wildman–Crippen LogP) is 5.75. The van der Waals surface area contributed by atoms with Crippen molar-refractivity contribution in [3.05, 3.63) is 88.8 Å². The first-order chi connectivity index (χ1) is 19.2. The second-order valence-electron chi connectivity index (χ2n) is 9.57. The van der Waals surface area contributed by atoms with Gasteiger partial charge >= 0.3 is 0 Å². The summed E-state index contributed by atoms with van der Waals surface area (Å²) in [7, 11) is 0. The van der Waals surface area contributed by atoms with E-state index >= 15 is 4.39 Å². The molecule has 1 fully saturated rings. The average molecular weight is 561 g/mol. The number of amides is 2. The van der Waals surface area contributed by atoms with Gasteiger partial charge in [0.2, 0.25) is 11.8 Å². The monoisotopic (exact) mass is 560 g/mol. The molecule has 7 nitrogen and oxygen atoms in total. The summed E-state index contributed by atoms with van der Waals surface area (Å²) in [6.45, 7) is 0.774. The Balaban J connectivity index is 1.40. The van der Waals surface area contributed by atoms with Crippen LogP contribution >= 0.6 is 11.6 Å². The van der Waals surface area contributed by atoms with Gasteiger partial charge in [0, 0.05) is 39.7 Å². The zero-order valence-electron chi connectivity index (χ0n) is 21.3. The summed E-state index contributed by atoms with van der Waals surface area (Å²) < 4.78 is 31.5. The Labute approximate surface area is 233 Å². The highest BCUT2D eigenvalue weighted by Crippen LogP contribution is 2.33. The fourth-order valence-electron chi connectivity index (χ4n) is 5.12. The zero-order valence-corrected chi connectivity index (χ0v) is 22.1. The number of fused-ring (bicyclic) bond motifs is 1. The van der Waals surface area contributed by atoms with Crippen molar-refractivity contribution in [3.8, 4) is 17.2 Å². The minimum atomic E-state index is -1.45. The molecule has 5 rings (SSSR count). The highest BCUT2D eigenvalue weighted by atomic mass is 35.5. The molecule has 40 heavy (non-hydrogen) atoms. The first kappa shape index (κ1) is 27.0. The van der Waals surface area contributed by atoms with Crippen LogP contribution in [-0.4, -0.2) is 45.8 Å². The fourth-order valence-corrected chi connectivity index (χ4v) is 5.36.